The maximum Gasteiger partial charge on any atom is 0.166 e. The molecule has 0 radical (unpaired) electrons. The van der Waals surface area contributed by atoms with Crippen LogP contribution < -0.4 is 10.6 Å². The van der Waals surface area contributed by atoms with Gasteiger partial charge in [0.1, 0.15) is 0 Å². The Balaban J connectivity index is 1.70. The molecule has 1 saturated carbocycles. The van der Waals surface area contributed by atoms with Crippen molar-refractivity contribution < 1.29 is 0 Å². The van der Waals surface area contributed by atoms with E-state index in [-0.39, 0.29) is 6.04 Å². The molecular weight excluding hydrogens is 232 g/mol. The van der Waals surface area contributed by atoms with Crippen molar-refractivity contribution in [1.82, 2.24) is 20.4 Å². The number of hydrogen-bond acceptors (Lipinski definition) is 2. The van der Waals surface area contributed by atoms with Crippen LogP contribution in [0, 0.1) is 0 Å². The Morgan fingerprint density at radius 3 is 2.94 bits per heavy atom. The van der Waals surface area contributed by atoms with Crippen LogP contribution in [0.5, 0.6) is 0 Å². The second kappa shape index (κ2) is 6.00. The zero-order valence-electron chi connectivity index (χ0n) is 10.2. The first-order valence-electron chi connectivity index (χ1n) is 6.28. The second-order valence-corrected chi connectivity index (χ2v) is 5.14. The van der Waals surface area contributed by atoms with E-state index in [2.05, 4.69) is 22.7 Å². The molecule has 1 heterocycles. The summed E-state index contributed by atoms with van der Waals surface area (Å²) in [6, 6.07) is 2.80. The molecule has 1 aliphatic carbocycles. The van der Waals surface area contributed by atoms with Gasteiger partial charge in [0, 0.05) is 24.5 Å². The van der Waals surface area contributed by atoms with E-state index in [1.165, 1.54) is 25.7 Å². The summed E-state index contributed by atoms with van der Waals surface area (Å²) in [5, 5.41) is 11.6. The van der Waals surface area contributed by atoms with Crippen LogP contribution in [0.25, 0.3) is 0 Å². The van der Waals surface area contributed by atoms with Crippen LogP contribution in [-0.2, 0) is 6.54 Å². The monoisotopic (exact) mass is 252 g/mol. The van der Waals surface area contributed by atoms with E-state index in [1.807, 2.05) is 16.9 Å². The highest BCUT2D eigenvalue weighted by Crippen LogP contribution is 2.17. The molecule has 0 spiro atoms. The Morgan fingerprint density at radius 2 is 2.29 bits per heavy atom. The van der Waals surface area contributed by atoms with Gasteiger partial charge < -0.3 is 10.6 Å². The third-order valence-corrected chi connectivity index (χ3v) is 3.32. The van der Waals surface area contributed by atoms with E-state index >= 15 is 0 Å². The number of rotatable bonds is 4. The second-order valence-electron chi connectivity index (χ2n) is 4.73. The van der Waals surface area contributed by atoms with Crippen molar-refractivity contribution in [3.8, 4) is 0 Å². The van der Waals surface area contributed by atoms with E-state index in [0.29, 0.717) is 6.04 Å². The molecule has 1 aromatic heterocycles. The Hall–Kier alpha value is -1.10. The van der Waals surface area contributed by atoms with Gasteiger partial charge in [0.25, 0.3) is 0 Å². The van der Waals surface area contributed by atoms with Crippen molar-refractivity contribution in [2.45, 2.75) is 51.2 Å². The average molecular weight is 252 g/mol. The molecule has 2 rings (SSSR count). The molecule has 1 aromatic rings. The van der Waals surface area contributed by atoms with Gasteiger partial charge in [-0.1, -0.05) is 12.8 Å². The van der Waals surface area contributed by atoms with Crippen molar-refractivity contribution in [3.05, 3.63) is 18.5 Å². The zero-order valence-corrected chi connectivity index (χ0v) is 11.0. The SMILES string of the molecule is CC(Cn1cccn1)NC(=S)NC1CCCC1. The van der Waals surface area contributed by atoms with Crippen molar-refractivity contribution in [1.29, 1.82) is 0 Å². The summed E-state index contributed by atoms with van der Waals surface area (Å²) in [5.41, 5.74) is 0. The lowest BCUT2D eigenvalue weighted by Gasteiger charge is -2.20. The Labute approximate surface area is 108 Å². The minimum absolute atomic E-state index is 0.288. The zero-order chi connectivity index (χ0) is 12.1. The standard InChI is InChI=1S/C12H20N4S/c1-10(9-16-8-4-7-13-16)14-12(17)15-11-5-2-3-6-11/h4,7-8,10-11H,2-3,5-6,9H2,1H3,(H2,14,15,17). The molecule has 1 aliphatic rings. The van der Waals surface area contributed by atoms with Gasteiger partial charge in [-0.3, -0.25) is 4.68 Å². The fourth-order valence-electron chi connectivity index (χ4n) is 2.26. The molecule has 17 heavy (non-hydrogen) atoms. The molecule has 5 heteroatoms. The van der Waals surface area contributed by atoms with Crippen LogP contribution in [0.2, 0.25) is 0 Å². The number of nitrogens with one attached hydrogen (secondary N) is 2. The average Bonchev–Trinajstić information content (AvgIpc) is 2.90. The molecule has 1 atom stereocenters. The Kier molecular flexibility index (Phi) is 4.36. The van der Waals surface area contributed by atoms with Gasteiger partial charge in [-0.05, 0) is 38.0 Å². The summed E-state index contributed by atoms with van der Waals surface area (Å²) in [4.78, 5) is 0. The molecule has 94 valence electrons. The molecule has 0 amide bonds. The molecule has 2 N–H and O–H groups in total. The molecule has 0 bridgehead atoms. The minimum Gasteiger partial charge on any atom is -0.360 e. The Bertz CT molecular complexity index is 343. The summed E-state index contributed by atoms with van der Waals surface area (Å²) in [6.45, 7) is 2.95. The predicted octanol–water partition coefficient (Wildman–Crippen LogP) is 1.68. The van der Waals surface area contributed by atoms with Gasteiger partial charge in [-0.15, -0.1) is 0 Å². The number of thiocarbonyl (C=S) groups is 1. The highest BCUT2D eigenvalue weighted by atomic mass is 32.1. The van der Waals surface area contributed by atoms with E-state index < -0.39 is 0 Å². The topological polar surface area (TPSA) is 41.9 Å². The lowest BCUT2D eigenvalue weighted by atomic mass is 10.2. The summed E-state index contributed by atoms with van der Waals surface area (Å²) in [6.07, 6.45) is 8.89. The van der Waals surface area contributed by atoms with Crippen LogP contribution in [0.1, 0.15) is 32.6 Å². The molecule has 1 unspecified atom stereocenters. The number of hydrogen-bond donors (Lipinski definition) is 2. The van der Waals surface area contributed by atoms with Crippen LogP contribution in [-0.4, -0.2) is 27.0 Å². The summed E-state index contributed by atoms with van der Waals surface area (Å²) >= 11 is 5.31. The quantitative estimate of drug-likeness (QED) is 0.800. The maximum atomic E-state index is 5.31. The third-order valence-electron chi connectivity index (χ3n) is 3.09. The van der Waals surface area contributed by atoms with E-state index in [9.17, 15) is 0 Å². The largest absolute Gasteiger partial charge is 0.360 e. The summed E-state index contributed by atoms with van der Waals surface area (Å²) < 4.78 is 1.91. The number of aromatic nitrogens is 2. The first-order chi connectivity index (χ1) is 8.24. The fraction of sp³-hybridized carbons (Fsp3) is 0.667. The molecular formula is C12H20N4S. The van der Waals surface area contributed by atoms with E-state index in [1.54, 1.807) is 6.20 Å². The van der Waals surface area contributed by atoms with Gasteiger partial charge in [0.05, 0.1) is 6.54 Å². The van der Waals surface area contributed by atoms with Crippen LogP contribution in [0.15, 0.2) is 18.5 Å². The van der Waals surface area contributed by atoms with Gasteiger partial charge in [-0.2, -0.15) is 5.10 Å². The first kappa shape index (κ1) is 12.4. The first-order valence-corrected chi connectivity index (χ1v) is 6.69. The van der Waals surface area contributed by atoms with Gasteiger partial charge in [-0.25, -0.2) is 0 Å². The highest BCUT2D eigenvalue weighted by Gasteiger charge is 2.16. The smallest absolute Gasteiger partial charge is 0.166 e. The maximum absolute atomic E-state index is 5.31. The summed E-state index contributed by atoms with van der Waals surface area (Å²) in [7, 11) is 0. The molecule has 1 fully saturated rings. The highest BCUT2D eigenvalue weighted by molar-refractivity contribution is 7.80. The third kappa shape index (κ3) is 4.00. The lowest BCUT2D eigenvalue weighted by molar-refractivity contribution is 0.498. The molecule has 0 saturated heterocycles. The normalized spacial score (nSPS) is 17.9. The van der Waals surface area contributed by atoms with Gasteiger partial charge >= 0.3 is 0 Å². The van der Waals surface area contributed by atoms with Crippen molar-refractivity contribution in [2.75, 3.05) is 0 Å². The molecule has 4 nitrogen and oxygen atoms in total. The van der Waals surface area contributed by atoms with E-state index in [0.717, 1.165) is 11.7 Å². The van der Waals surface area contributed by atoms with Crippen molar-refractivity contribution in [2.24, 2.45) is 0 Å². The fourth-order valence-corrected chi connectivity index (χ4v) is 2.62. The van der Waals surface area contributed by atoms with Crippen LogP contribution in [0.3, 0.4) is 0 Å². The van der Waals surface area contributed by atoms with Crippen molar-refractivity contribution >= 4 is 17.3 Å². The predicted molar refractivity (Wildman–Crippen MR) is 72.8 cm³/mol. The van der Waals surface area contributed by atoms with E-state index in [4.69, 9.17) is 12.2 Å². The summed E-state index contributed by atoms with van der Waals surface area (Å²) in [5.74, 6) is 0. The molecule has 0 aliphatic heterocycles. The number of nitrogens with zero attached hydrogens (tertiary/aromatic N) is 2. The van der Waals surface area contributed by atoms with Crippen LogP contribution in [0.4, 0.5) is 0 Å². The molecule has 0 aromatic carbocycles. The van der Waals surface area contributed by atoms with Gasteiger partial charge in [0.15, 0.2) is 5.11 Å². The minimum atomic E-state index is 0.288. The van der Waals surface area contributed by atoms with Gasteiger partial charge in [0.2, 0.25) is 0 Å². The van der Waals surface area contributed by atoms with Crippen molar-refractivity contribution in [3.63, 3.8) is 0 Å². The lowest BCUT2D eigenvalue weighted by Crippen LogP contribution is -2.45. The van der Waals surface area contributed by atoms with Crippen LogP contribution >= 0.6 is 12.2 Å². The Morgan fingerprint density at radius 1 is 1.53 bits per heavy atom.